The van der Waals surface area contributed by atoms with Crippen LogP contribution >= 0.6 is 11.6 Å². The van der Waals surface area contributed by atoms with Crippen molar-refractivity contribution in [2.24, 2.45) is 0 Å². The molecular weight excluding hydrogens is 338 g/mol. The van der Waals surface area contributed by atoms with Gasteiger partial charge in [-0.1, -0.05) is 17.7 Å². The number of aryl methyl sites for hydroxylation is 1. The number of carbonyl (C=O) groups excluding carboxylic acids is 2. The molecule has 0 unspecified atom stereocenters. The van der Waals surface area contributed by atoms with E-state index in [1.54, 1.807) is 24.3 Å². The first-order valence-electron chi connectivity index (χ1n) is 8.18. The third kappa shape index (κ3) is 4.97. The normalized spacial score (nSPS) is 10.2. The van der Waals surface area contributed by atoms with E-state index in [0.717, 1.165) is 24.3 Å². The molecule has 2 amide bonds. The van der Waals surface area contributed by atoms with E-state index in [4.69, 9.17) is 11.6 Å². The van der Waals surface area contributed by atoms with Crippen LogP contribution in [0, 0.1) is 6.92 Å². The molecule has 0 radical (unpaired) electrons. The van der Waals surface area contributed by atoms with Crippen LogP contribution in [0.1, 0.15) is 19.4 Å². The van der Waals surface area contributed by atoms with Crippen LogP contribution in [-0.2, 0) is 9.59 Å². The molecule has 0 heterocycles. The van der Waals surface area contributed by atoms with E-state index in [1.807, 2.05) is 25.1 Å². The van der Waals surface area contributed by atoms with Crippen LogP contribution in [0.4, 0.5) is 17.1 Å². The number of hydrogen-bond acceptors (Lipinski definition) is 3. The fraction of sp³-hybridized carbons (Fsp3) is 0.263. The zero-order valence-electron chi connectivity index (χ0n) is 14.6. The Morgan fingerprint density at radius 3 is 2.28 bits per heavy atom. The first kappa shape index (κ1) is 18.8. The Hall–Kier alpha value is -2.53. The number of nitrogens with zero attached hydrogens (tertiary/aromatic N) is 1. The summed E-state index contributed by atoms with van der Waals surface area (Å²) in [6.07, 6.45) is 0. The molecule has 0 fully saturated rings. The topological polar surface area (TPSA) is 61.4 Å². The van der Waals surface area contributed by atoms with E-state index < -0.39 is 11.8 Å². The summed E-state index contributed by atoms with van der Waals surface area (Å²) in [5, 5.41) is 5.66. The lowest BCUT2D eigenvalue weighted by atomic mass is 10.1. The molecule has 6 heteroatoms. The van der Waals surface area contributed by atoms with Crippen molar-refractivity contribution in [3.05, 3.63) is 53.1 Å². The molecule has 0 aliphatic rings. The Bertz CT molecular complexity index is 773. The van der Waals surface area contributed by atoms with Crippen molar-refractivity contribution in [1.29, 1.82) is 0 Å². The summed E-state index contributed by atoms with van der Waals surface area (Å²) in [6.45, 7) is 7.90. The summed E-state index contributed by atoms with van der Waals surface area (Å²) in [6, 6.07) is 12.4. The molecule has 0 saturated carbocycles. The number of anilines is 3. The highest BCUT2D eigenvalue weighted by atomic mass is 35.5. The third-order valence-electron chi connectivity index (χ3n) is 3.88. The highest BCUT2D eigenvalue weighted by Crippen LogP contribution is 2.23. The number of nitrogens with one attached hydrogen (secondary N) is 2. The Morgan fingerprint density at radius 1 is 1.00 bits per heavy atom. The Labute approximate surface area is 153 Å². The summed E-state index contributed by atoms with van der Waals surface area (Å²) < 4.78 is 0. The molecule has 5 nitrogen and oxygen atoms in total. The smallest absolute Gasteiger partial charge is 0.314 e. The molecule has 2 aromatic rings. The Balaban J connectivity index is 2.05. The Morgan fingerprint density at radius 2 is 1.68 bits per heavy atom. The van der Waals surface area contributed by atoms with Gasteiger partial charge in [-0.3, -0.25) is 9.59 Å². The average molecular weight is 360 g/mol. The fourth-order valence-electron chi connectivity index (χ4n) is 2.51. The maximum Gasteiger partial charge on any atom is 0.314 e. The lowest BCUT2D eigenvalue weighted by molar-refractivity contribution is -0.133. The molecule has 2 aromatic carbocycles. The number of rotatable bonds is 5. The van der Waals surface area contributed by atoms with Gasteiger partial charge in [-0.2, -0.15) is 0 Å². The molecule has 0 aliphatic heterocycles. The van der Waals surface area contributed by atoms with Crippen molar-refractivity contribution in [1.82, 2.24) is 0 Å². The van der Waals surface area contributed by atoms with Crippen LogP contribution in [-0.4, -0.2) is 24.9 Å². The Kier molecular flexibility index (Phi) is 6.42. The monoisotopic (exact) mass is 359 g/mol. The van der Waals surface area contributed by atoms with Gasteiger partial charge in [0, 0.05) is 35.2 Å². The van der Waals surface area contributed by atoms with Crippen LogP contribution in [0.2, 0.25) is 5.02 Å². The molecule has 0 spiro atoms. The second-order valence-corrected chi connectivity index (χ2v) is 6.03. The summed E-state index contributed by atoms with van der Waals surface area (Å²) >= 11 is 5.87. The summed E-state index contributed by atoms with van der Waals surface area (Å²) in [7, 11) is 0. The van der Waals surface area contributed by atoms with Crippen LogP contribution in [0.15, 0.2) is 42.5 Å². The minimum Gasteiger partial charge on any atom is -0.372 e. The number of hydrogen-bond donors (Lipinski definition) is 2. The first-order valence-corrected chi connectivity index (χ1v) is 8.55. The van der Waals surface area contributed by atoms with Gasteiger partial charge in [0.2, 0.25) is 0 Å². The molecule has 25 heavy (non-hydrogen) atoms. The maximum absolute atomic E-state index is 12.1. The zero-order chi connectivity index (χ0) is 18.4. The molecule has 132 valence electrons. The van der Waals surface area contributed by atoms with Gasteiger partial charge in [-0.15, -0.1) is 0 Å². The van der Waals surface area contributed by atoms with Gasteiger partial charge < -0.3 is 15.5 Å². The van der Waals surface area contributed by atoms with Crippen LogP contribution < -0.4 is 15.5 Å². The minimum absolute atomic E-state index is 0.473. The molecule has 2 N–H and O–H groups in total. The number of halogens is 1. The van der Waals surface area contributed by atoms with E-state index >= 15 is 0 Å². The van der Waals surface area contributed by atoms with Gasteiger partial charge in [-0.05, 0) is 62.7 Å². The van der Waals surface area contributed by atoms with Crippen molar-refractivity contribution in [3.8, 4) is 0 Å². The number of benzene rings is 2. The average Bonchev–Trinajstić information content (AvgIpc) is 2.58. The molecule has 2 rings (SSSR count). The van der Waals surface area contributed by atoms with Crippen LogP contribution in [0.3, 0.4) is 0 Å². The predicted octanol–water partition coefficient (Wildman–Crippen LogP) is 4.07. The van der Waals surface area contributed by atoms with E-state index in [-0.39, 0.29) is 0 Å². The predicted molar refractivity (Wildman–Crippen MR) is 103 cm³/mol. The largest absolute Gasteiger partial charge is 0.372 e. The maximum atomic E-state index is 12.1. The third-order valence-corrected chi connectivity index (χ3v) is 4.11. The van der Waals surface area contributed by atoms with Crippen molar-refractivity contribution in [2.75, 3.05) is 28.6 Å². The summed E-state index contributed by atoms with van der Waals surface area (Å²) in [5.74, 6) is -1.46. The van der Waals surface area contributed by atoms with Gasteiger partial charge in [-0.25, -0.2) is 0 Å². The zero-order valence-corrected chi connectivity index (χ0v) is 15.4. The quantitative estimate of drug-likeness (QED) is 0.791. The lowest BCUT2D eigenvalue weighted by Gasteiger charge is -2.22. The van der Waals surface area contributed by atoms with Gasteiger partial charge >= 0.3 is 11.8 Å². The molecule has 0 aromatic heterocycles. The van der Waals surface area contributed by atoms with Gasteiger partial charge in [0.25, 0.3) is 0 Å². The molecule has 0 saturated heterocycles. The van der Waals surface area contributed by atoms with Gasteiger partial charge in [0.15, 0.2) is 0 Å². The van der Waals surface area contributed by atoms with E-state index in [2.05, 4.69) is 29.4 Å². The van der Waals surface area contributed by atoms with Gasteiger partial charge in [0.05, 0.1) is 0 Å². The van der Waals surface area contributed by atoms with Crippen molar-refractivity contribution in [2.45, 2.75) is 20.8 Å². The van der Waals surface area contributed by atoms with Gasteiger partial charge in [0.1, 0.15) is 0 Å². The van der Waals surface area contributed by atoms with E-state index in [9.17, 15) is 9.59 Å². The second kappa shape index (κ2) is 8.53. The minimum atomic E-state index is -0.741. The highest BCUT2D eigenvalue weighted by Gasteiger charge is 2.15. The van der Waals surface area contributed by atoms with Crippen molar-refractivity contribution < 1.29 is 9.59 Å². The molecule has 0 aliphatic carbocycles. The van der Waals surface area contributed by atoms with Crippen LogP contribution in [0.25, 0.3) is 0 Å². The standard InChI is InChI=1S/C19H22ClN3O2/c1-4-23(5-2)16-9-10-17(13(3)11-16)22-19(25)18(24)21-15-8-6-7-14(20)12-15/h6-12H,4-5H2,1-3H3,(H,21,24)(H,22,25). The first-order chi connectivity index (χ1) is 11.9. The lowest BCUT2D eigenvalue weighted by Crippen LogP contribution is -2.29. The highest BCUT2D eigenvalue weighted by molar-refractivity contribution is 6.43. The SMILES string of the molecule is CCN(CC)c1ccc(NC(=O)C(=O)Nc2cccc(Cl)c2)c(C)c1. The molecular formula is C19H22ClN3O2. The molecule has 0 atom stereocenters. The van der Waals surface area contributed by atoms with E-state index in [0.29, 0.717) is 16.4 Å². The molecule has 0 bridgehead atoms. The van der Waals surface area contributed by atoms with Crippen LogP contribution in [0.5, 0.6) is 0 Å². The summed E-state index contributed by atoms with van der Waals surface area (Å²) in [5.41, 5.74) is 3.07. The summed E-state index contributed by atoms with van der Waals surface area (Å²) in [4.78, 5) is 26.4. The van der Waals surface area contributed by atoms with Crippen molar-refractivity contribution in [3.63, 3.8) is 0 Å². The second-order valence-electron chi connectivity index (χ2n) is 5.59. The number of amides is 2. The number of carbonyl (C=O) groups is 2. The van der Waals surface area contributed by atoms with Crippen molar-refractivity contribution >= 4 is 40.5 Å². The fourth-order valence-corrected chi connectivity index (χ4v) is 2.70. The van der Waals surface area contributed by atoms with E-state index in [1.165, 1.54) is 0 Å².